The van der Waals surface area contributed by atoms with Gasteiger partial charge in [0.05, 0.1) is 5.92 Å². The van der Waals surface area contributed by atoms with E-state index in [1.54, 1.807) is 24.3 Å². The summed E-state index contributed by atoms with van der Waals surface area (Å²) in [5.74, 6) is -1.71. The molecule has 0 amide bonds. The first-order valence-corrected chi connectivity index (χ1v) is 4.35. The normalized spacial score (nSPS) is 12.5. The molecule has 0 aromatic heterocycles. The second kappa shape index (κ2) is 4.72. The summed E-state index contributed by atoms with van der Waals surface area (Å²) in [7, 11) is 0. The maximum atomic E-state index is 11.8. The first-order chi connectivity index (χ1) is 7.00. The first kappa shape index (κ1) is 11.4. The van der Waals surface area contributed by atoms with Gasteiger partial charge in [-0.05, 0) is 24.6 Å². The SMILES string of the molecule is CC(C(=O)OC(F)F)c1cccc(N)c1. The van der Waals surface area contributed by atoms with Crippen molar-refractivity contribution in [2.45, 2.75) is 19.5 Å². The number of alkyl halides is 2. The molecular weight excluding hydrogens is 204 g/mol. The summed E-state index contributed by atoms with van der Waals surface area (Å²) in [6.07, 6.45) is 0. The molecule has 0 saturated heterocycles. The summed E-state index contributed by atoms with van der Waals surface area (Å²) in [4.78, 5) is 11.1. The van der Waals surface area contributed by atoms with Crippen LogP contribution in [0.2, 0.25) is 0 Å². The van der Waals surface area contributed by atoms with E-state index in [1.807, 2.05) is 0 Å². The van der Waals surface area contributed by atoms with Crippen LogP contribution >= 0.6 is 0 Å². The Kier molecular flexibility index (Phi) is 3.60. The standard InChI is InChI=1S/C10H11F2NO2/c1-6(9(14)15-10(11)12)7-3-2-4-8(13)5-7/h2-6,10H,13H2,1H3. The van der Waals surface area contributed by atoms with Gasteiger partial charge in [-0.25, -0.2) is 0 Å². The van der Waals surface area contributed by atoms with Crippen molar-refractivity contribution in [3.63, 3.8) is 0 Å². The molecule has 1 unspecified atom stereocenters. The topological polar surface area (TPSA) is 52.3 Å². The van der Waals surface area contributed by atoms with Gasteiger partial charge in [0.2, 0.25) is 0 Å². The Morgan fingerprint density at radius 3 is 2.67 bits per heavy atom. The minimum atomic E-state index is -3.08. The van der Waals surface area contributed by atoms with Crippen LogP contribution in [0, 0.1) is 0 Å². The number of nitrogens with two attached hydrogens (primary N) is 1. The molecule has 2 N–H and O–H groups in total. The molecule has 0 fully saturated rings. The zero-order chi connectivity index (χ0) is 11.4. The van der Waals surface area contributed by atoms with E-state index in [0.29, 0.717) is 11.3 Å². The van der Waals surface area contributed by atoms with E-state index in [9.17, 15) is 13.6 Å². The fraction of sp³-hybridized carbons (Fsp3) is 0.300. The van der Waals surface area contributed by atoms with E-state index in [2.05, 4.69) is 4.74 Å². The van der Waals surface area contributed by atoms with E-state index in [1.165, 1.54) is 6.92 Å². The largest absolute Gasteiger partial charge is 0.403 e. The highest BCUT2D eigenvalue weighted by Gasteiger charge is 2.20. The van der Waals surface area contributed by atoms with E-state index in [0.717, 1.165) is 0 Å². The van der Waals surface area contributed by atoms with Gasteiger partial charge in [-0.15, -0.1) is 0 Å². The van der Waals surface area contributed by atoms with E-state index >= 15 is 0 Å². The van der Waals surface area contributed by atoms with Gasteiger partial charge < -0.3 is 10.5 Å². The lowest BCUT2D eigenvalue weighted by molar-refractivity contribution is -0.177. The first-order valence-electron chi connectivity index (χ1n) is 4.35. The van der Waals surface area contributed by atoms with Crippen molar-refractivity contribution in [3.8, 4) is 0 Å². The van der Waals surface area contributed by atoms with Gasteiger partial charge in [-0.2, -0.15) is 8.78 Å². The monoisotopic (exact) mass is 215 g/mol. The zero-order valence-electron chi connectivity index (χ0n) is 8.11. The number of rotatable bonds is 3. The number of esters is 1. The van der Waals surface area contributed by atoms with Crippen molar-refractivity contribution in [2.24, 2.45) is 0 Å². The number of anilines is 1. The van der Waals surface area contributed by atoms with E-state index in [-0.39, 0.29) is 0 Å². The highest BCUT2D eigenvalue weighted by Crippen LogP contribution is 2.19. The van der Waals surface area contributed by atoms with Crippen molar-refractivity contribution >= 4 is 11.7 Å². The molecule has 1 atom stereocenters. The van der Waals surface area contributed by atoms with Gasteiger partial charge in [0, 0.05) is 5.69 Å². The van der Waals surface area contributed by atoms with Crippen LogP contribution in [-0.4, -0.2) is 12.6 Å². The molecule has 3 nitrogen and oxygen atoms in total. The number of carbonyl (C=O) groups excluding carboxylic acids is 1. The average molecular weight is 215 g/mol. The number of hydrogen-bond acceptors (Lipinski definition) is 3. The van der Waals surface area contributed by atoms with Gasteiger partial charge in [0.25, 0.3) is 0 Å². The van der Waals surface area contributed by atoms with E-state index < -0.39 is 18.5 Å². The van der Waals surface area contributed by atoms with Crippen LogP contribution in [0.4, 0.5) is 14.5 Å². The minimum absolute atomic E-state index is 0.476. The molecule has 0 saturated carbocycles. The van der Waals surface area contributed by atoms with Gasteiger partial charge in [0.15, 0.2) is 0 Å². The molecule has 5 heteroatoms. The fourth-order valence-electron chi connectivity index (χ4n) is 1.15. The predicted molar refractivity (Wildman–Crippen MR) is 51.4 cm³/mol. The van der Waals surface area contributed by atoms with Crippen LogP contribution in [0.3, 0.4) is 0 Å². The number of nitrogen functional groups attached to an aromatic ring is 1. The highest BCUT2D eigenvalue weighted by molar-refractivity contribution is 5.78. The van der Waals surface area contributed by atoms with Crippen molar-refractivity contribution < 1.29 is 18.3 Å². The number of benzene rings is 1. The Morgan fingerprint density at radius 2 is 2.13 bits per heavy atom. The molecule has 1 aromatic carbocycles. The fourth-order valence-corrected chi connectivity index (χ4v) is 1.15. The Hall–Kier alpha value is -1.65. The summed E-state index contributed by atoms with van der Waals surface area (Å²) in [6.45, 7) is -1.60. The molecule has 1 aromatic rings. The lowest BCUT2D eigenvalue weighted by atomic mass is 10.0. The lowest BCUT2D eigenvalue weighted by Crippen LogP contribution is -2.16. The maximum Gasteiger partial charge on any atom is 0.389 e. The van der Waals surface area contributed by atoms with Crippen LogP contribution in [0.15, 0.2) is 24.3 Å². The molecule has 0 spiro atoms. The number of hydrogen-bond donors (Lipinski definition) is 1. The number of carbonyl (C=O) groups is 1. The Labute approximate surface area is 85.8 Å². The van der Waals surface area contributed by atoms with Gasteiger partial charge in [-0.3, -0.25) is 4.79 Å². The van der Waals surface area contributed by atoms with Crippen molar-refractivity contribution in [1.29, 1.82) is 0 Å². The Balaban J connectivity index is 2.76. The zero-order valence-corrected chi connectivity index (χ0v) is 8.11. The summed E-state index contributed by atoms with van der Waals surface area (Å²) in [5.41, 5.74) is 6.53. The second-order valence-electron chi connectivity index (χ2n) is 3.09. The van der Waals surface area contributed by atoms with Crippen LogP contribution < -0.4 is 5.73 Å². The van der Waals surface area contributed by atoms with Crippen LogP contribution in [0.25, 0.3) is 0 Å². The molecule has 82 valence electrons. The number of halogens is 2. The van der Waals surface area contributed by atoms with Crippen LogP contribution in [0.5, 0.6) is 0 Å². The Bertz CT molecular complexity index is 355. The maximum absolute atomic E-state index is 11.8. The third-order valence-electron chi connectivity index (χ3n) is 1.97. The van der Waals surface area contributed by atoms with Crippen LogP contribution in [0.1, 0.15) is 18.4 Å². The lowest BCUT2D eigenvalue weighted by Gasteiger charge is -2.11. The second-order valence-corrected chi connectivity index (χ2v) is 3.09. The average Bonchev–Trinajstić information content (AvgIpc) is 2.15. The molecule has 0 aliphatic heterocycles. The molecule has 0 heterocycles. The third kappa shape index (κ3) is 3.19. The summed E-state index contributed by atoms with van der Waals surface area (Å²) in [6, 6.07) is 6.48. The molecule has 15 heavy (non-hydrogen) atoms. The summed E-state index contributed by atoms with van der Waals surface area (Å²) < 4.78 is 27.3. The predicted octanol–water partition coefficient (Wildman–Crippen LogP) is 2.14. The molecule has 0 aliphatic rings. The van der Waals surface area contributed by atoms with Crippen LogP contribution in [-0.2, 0) is 9.53 Å². The molecule has 1 rings (SSSR count). The van der Waals surface area contributed by atoms with Crippen molar-refractivity contribution in [2.75, 3.05) is 5.73 Å². The number of ether oxygens (including phenoxy) is 1. The third-order valence-corrected chi connectivity index (χ3v) is 1.97. The van der Waals surface area contributed by atoms with Gasteiger partial charge in [0.1, 0.15) is 0 Å². The minimum Gasteiger partial charge on any atom is -0.403 e. The molecule has 0 radical (unpaired) electrons. The molecule has 0 bridgehead atoms. The smallest absolute Gasteiger partial charge is 0.389 e. The van der Waals surface area contributed by atoms with Gasteiger partial charge in [-0.1, -0.05) is 12.1 Å². The summed E-state index contributed by atoms with van der Waals surface area (Å²) >= 11 is 0. The quantitative estimate of drug-likeness (QED) is 0.620. The Morgan fingerprint density at radius 1 is 1.47 bits per heavy atom. The molecular formula is C10H11F2NO2. The van der Waals surface area contributed by atoms with E-state index in [4.69, 9.17) is 5.73 Å². The van der Waals surface area contributed by atoms with Crippen molar-refractivity contribution in [3.05, 3.63) is 29.8 Å². The van der Waals surface area contributed by atoms with Gasteiger partial charge >= 0.3 is 12.6 Å². The van der Waals surface area contributed by atoms with Crippen molar-refractivity contribution in [1.82, 2.24) is 0 Å². The summed E-state index contributed by atoms with van der Waals surface area (Å²) in [5, 5.41) is 0. The highest BCUT2D eigenvalue weighted by atomic mass is 19.3. The molecule has 0 aliphatic carbocycles.